The Kier molecular flexibility index (Phi) is 3.90. The number of halogens is 1. The van der Waals surface area contributed by atoms with Gasteiger partial charge in [-0.1, -0.05) is 0 Å². The Hall–Kier alpha value is -0.320. The molecular weight excluding hydrogens is 250 g/mol. The molecule has 1 aliphatic carbocycles. The van der Waals surface area contributed by atoms with Gasteiger partial charge < -0.3 is 15.5 Å². The van der Waals surface area contributed by atoms with Crippen molar-refractivity contribution >= 4 is 18.3 Å². The summed E-state index contributed by atoms with van der Waals surface area (Å²) in [7, 11) is 2.22. The number of fused-ring (bicyclic) bond motifs is 1. The van der Waals surface area contributed by atoms with E-state index < -0.39 is 5.54 Å². The van der Waals surface area contributed by atoms with Crippen molar-refractivity contribution in [2.45, 2.75) is 43.7 Å². The van der Waals surface area contributed by atoms with Crippen LogP contribution in [-0.2, 0) is 4.79 Å². The Labute approximate surface area is 115 Å². The lowest BCUT2D eigenvalue weighted by atomic mass is 9.84. The van der Waals surface area contributed by atoms with Gasteiger partial charge in [0.05, 0.1) is 5.54 Å². The van der Waals surface area contributed by atoms with Gasteiger partial charge in [-0.2, -0.15) is 0 Å². The van der Waals surface area contributed by atoms with Crippen molar-refractivity contribution in [2.24, 2.45) is 11.7 Å². The first-order chi connectivity index (χ1) is 8.10. The number of likely N-dealkylation sites (tertiary alicyclic amines) is 2. The first kappa shape index (κ1) is 14.1. The van der Waals surface area contributed by atoms with E-state index >= 15 is 0 Å². The molecule has 0 spiro atoms. The lowest BCUT2D eigenvalue weighted by Crippen LogP contribution is -2.57. The fourth-order valence-corrected chi connectivity index (χ4v) is 3.50. The van der Waals surface area contributed by atoms with E-state index in [0.717, 1.165) is 32.4 Å². The molecule has 2 N–H and O–H groups in total. The summed E-state index contributed by atoms with van der Waals surface area (Å²) in [5, 5.41) is 0. The highest BCUT2D eigenvalue weighted by Crippen LogP contribution is 2.37. The van der Waals surface area contributed by atoms with Crippen molar-refractivity contribution in [1.82, 2.24) is 9.80 Å². The number of carbonyl (C=O) groups excluding carboxylic acids is 1. The summed E-state index contributed by atoms with van der Waals surface area (Å²) in [4.78, 5) is 16.7. The van der Waals surface area contributed by atoms with Crippen LogP contribution in [0, 0.1) is 5.92 Å². The zero-order valence-electron chi connectivity index (χ0n) is 11.1. The predicted molar refractivity (Wildman–Crippen MR) is 73.7 cm³/mol. The van der Waals surface area contributed by atoms with Crippen molar-refractivity contribution in [3.05, 3.63) is 0 Å². The first-order valence-electron chi connectivity index (χ1n) is 6.89. The number of hydrogen-bond acceptors (Lipinski definition) is 3. The SMILES string of the molecule is CN1CCCC2CN(C(=O)C3(N)CC3)CCC21.Cl. The summed E-state index contributed by atoms with van der Waals surface area (Å²) < 4.78 is 0. The Morgan fingerprint density at radius 2 is 2.00 bits per heavy atom. The average Bonchev–Trinajstić information content (AvgIpc) is 3.08. The molecule has 0 aromatic carbocycles. The van der Waals surface area contributed by atoms with E-state index in [-0.39, 0.29) is 18.3 Å². The van der Waals surface area contributed by atoms with Crippen LogP contribution in [0.2, 0.25) is 0 Å². The van der Waals surface area contributed by atoms with Crippen LogP contribution in [0.5, 0.6) is 0 Å². The Bertz CT molecular complexity index is 332. The van der Waals surface area contributed by atoms with E-state index in [0.29, 0.717) is 12.0 Å². The average molecular weight is 274 g/mol. The lowest BCUT2D eigenvalue weighted by Gasteiger charge is -2.46. The topological polar surface area (TPSA) is 49.6 Å². The molecule has 1 saturated carbocycles. The third-order valence-corrected chi connectivity index (χ3v) is 4.85. The smallest absolute Gasteiger partial charge is 0.242 e. The fourth-order valence-electron chi connectivity index (χ4n) is 3.50. The van der Waals surface area contributed by atoms with Gasteiger partial charge in [0.15, 0.2) is 0 Å². The van der Waals surface area contributed by atoms with Gasteiger partial charge >= 0.3 is 0 Å². The monoisotopic (exact) mass is 273 g/mol. The maximum absolute atomic E-state index is 12.2. The minimum atomic E-state index is -0.479. The molecule has 3 fully saturated rings. The molecule has 3 rings (SSSR count). The summed E-state index contributed by atoms with van der Waals surface area (Å²) in [5.74, 6) is 0.887. The van der Waals surface area contributed by atoms with E-state index in [1.54, 1.807) is 0 Å². The highest BCUT2D eigenvalue weighted by Gasteiger charge is 2.49. The maximum atomic E-state index is 12.2. The molecular formula is C13H24ClN3O. The Morgan fingerprint density at radius 1 is 1.28 bits per heavy atom. The van der Waals surface area contributed by atoms with E-state index in [1.807, 2.05) is 4.90 Å². The second-order valence-electron chi connectivity index (χ2n) is 6.15. The molecule has 0 bridgehead atoms. The highest BCUT2D eigenvalue weighted by atomic mass is 35.5. The standard InChI is InChI=1S/C13H23N3O.ClH/c1-15-7-2-3-10-9-16(8-4-11(10)15)12(17)13(14)5-6-13;/h10-11H,2-9,14H2,1H3;1H. The number of nitrogens with two attached hydrogens (primary N) is 1. The van der Waals surface area contributed by atoms with Crippen molar-refractivity contribution < 1.29 is 4.79 Å². The highest BCUT2D eigenvalue weighted by molar-refractivity contribution is 5.89. The molecule has 2 saturated heterocycles. The van der Waals surface area contributed by atoms with Crippen LogP contribution in [0.1, 0.15) is 32.1 Å². The molecule has 4 nitrogen and oxygen atoms in total. The Balaban J connectivity index is 0.00000120. The molecule has 5 heteroatoms. The van der Waals surface area contributed by atoms with Crippen LogP contribution in [0.4, 0.5) is 0 Å². The minimum Gasteiger partial charge on any atom is -0.341 e. The van der Waals surface area contributed by atoms with Crippen LogP contribution < -0.4 is 5.73 Å². The number of rotatable bonds is 1. The van der Waals surface area contributed by atoms with Crippen LogP contribution >= 0.6 is 12.4 Å². The molecule has 0 aromatic rings. The molecule has 2 unspecified atom stereocenters. The summed E-state index contributed by atoms with van der Waals surface area (Å²) in [6.45, 7) is 3.06. The van der Waals surface area contributed by atoms with Crippen molar-refractivity contribution in [3.63, 3.8) is 0 Å². The van der Waals surface area contributed by atoms with Gasteiger partial charge in [0.25, 0.3) is 0 Å². The summed E-state index contributed by atoms with van der Waals surface area (Å²) in [5.41, 5.74) is 5.54. The summed E-state index contributed by atoms with van der Waals surface area (Å²) in [6, 6.07) is 0.695. The van der Waals surface area contributed by atoms with Gasteiger partial charge in [0.1, 0.15) is 0 Å². The largest absolute Gasteiger partial charge is 0.341 e. The molecule has 0 radical (unpaired) electrons. The minimum absolute atomic E-state index is 0. The number of hydrogen-bond donors (Lipinski definition) is 1. The normalized spacial score (nSPS) is 34.4. The lowest BCUT2D eigenvalue weighted by molar-refractivity contribution is -0.137. The second kappa shape index (κ2) is 4.99. The fraction of sp³-hybridized carbons (Fsp3) is 0.923. The van der Waals surface area contributed by atoms with Crippen molar-refractivity contribution in [1.29, 1.82) is 0 Å². The van der Waals surface area contributed by atoms with Crippen molar-refractivity contribution in [2.75, 3.05) is 26.7 Å². The molecule has 104 valence electrons. The van der Waals surface area contributed by atoms with E-state index in [1.165, 1.54) is 19.4 Å². The van der Waals surface area contributed by atoms with Crippen LogP contribution in [-0.4, -0.2) is 54.0 Å². The quantitative estimate of drug-likeness (QED) is 0.770. The van der Waals surface area contributed by atoms with Gasteiger partial charge in [0, 0.05) is 19.1 Å². The predicted octanol–water partition coefficient (Wildman–Crippen LogP) is 0.842. The van der Waals surface area contributed by atoms with Gasteiger partial charge in [-0.3, -0.25) is 4.79 Å². The van der Waals surface area contributed by atoms with E-state index in [4.69, 9.17) is 5.73 Å². The molecule has 2 heterocycles. The Morgan fingerprint density at radius 3 is 2.67 bits per heavy atom. The molecule has 2 atom stereocenters. The third-order valence-electron chi connectivity index (χ3n) is 4.85. The molecule has 2 aliphatic heterocycles. The van der Waals surface area contributed by atoms with Crippen LogP contribution in [0.3, 0.4) is 0 Å². The van der Waals surface area contributed by atoms with Crippen LogP contribution in [0.15, 0.2) is 0 Å². The number of carbonyl (C=O) groups is 1. The van der Waals surface area contributed by atoms with Gasteiger partial charge in [-0.25, -0.2) is 0 Å². The van der Waals surface area contributed by atoms with Gasteiger partial charge in [-0.15, -0.1) is 12.4 Å². The second-order valence-corrected chi connectivity index (χ2v) is 6.15. The summed E-state index contributed by atoms with van der Waals surface area (Å²) in [6.07, 6.45) is 5.44. The maximum Gasteiger partial charge on any atom is 0.242 e. The van der Waals surface area contributed by atoms with Gasteiger partial charge in [-0.05, 0) is 51.6 Å². The first-order valence-corrected chi connectivity index (χ1v) is 6.89. The molecule has 1 amide bonds. The molecule has 0 aromatic heterocycles. The van der Waals surface area contributed by atoms with E-state index in [2.05, 4.69) is 11.9 Å². The van der Waals surface area contributed by atoms with Crippen LogP contribution in [0.25, 0.3) is 0 Å². The number of nitrogens with zero attached hydrogens (tertiary/aromatic N) is 2. The number of piperidine rings is 2. The van der Waals surface area contributed by atoms with E-state index in [9.17, 15) is 4.79 Å². The zero-order chi connectivity index (χ0) is 12.0. The van der Waals surface area contributed by atoms with Crippen molar-refractivity contribution in [3.8, 4) is 0 Å². The van der Waals surface area contributed by atoms with Gasteiger partial charge in [0.2, 0.25) is 5.91 Å². The zero-order valence-corrected chi connectivity index (χ0v) is 11.9. The number of amides is 1. The third kappa shape index (κ3) is 2.38. The molecule has 3 aliphatic rings. The summed E-state index contributed by atoms with van der Waals surface area (Å²) >= 11 is 0. The molecule has 18 heavy (non-hydrogen) atoms.